The van der Waals surface area contributed by atoms with Gasteiger partial charge in [0.2, 0.25) is 0 Å². The van der Waals surface area contributed by atoms with E-state index in [1.165, 1.54) is 0 Å². The van der Waals surface area contributed by atoms with Crippen molar-refractivity contribution in [2.75, 3.05) is 19.6 Å². The van der Waals surface area contributed by atoms with Crippen LogP contribution in [0.2, 0.25) is 0 Å². The molecule has 1 heterocycles. The van der Waals surface area contributed by atoms with Crippen LogP contribution in [0, 0.1) is 17.4 Å². The molecule has 0 aliphatic carbocycles. The molecule has 16 heavy (non-hydrogen) atoms. The Hall–Kier alpha value is -1.44. The van der Waals surface area contributed by atoms with Crippen molar-refractivity contribution in [2.45, 2.75) is 32.8 Å². The quantitative estimate of drug-likeness (QED) is 0.720. The Bertz CT molecular complexity index is 291. The molecule has 90 valence electrons. The number of carbonyl (C=O) groups excluding carboxylic acids is 1. The fourth-order valence-corrected chi connectivity index (χ4v) is 1.63. The largest absolute Gasteiger partial charge is 0.444 e. The summed E-state index contributed by atoms with van der Waals surface area (Å²) in [5.41, 5.74) is -0.460. The number of alkyl carbamates (subject to hydrolysis) is 1. The lowest BCUT2D eigenvalue weighted by atomic mass is 10.1. The summed E-state index contributed by atoms with van der Waals surface area (Å²) in [7, 11) is 0. The maximum Gasteiger partial charge on any atom is 0.407 e. The first kappa shape index (κ1) is 12.6. The zero-order valence-electron chi connectivity index (χ0n) is 10.1. The van der Waals surface area contributed by atoms with E-state index in [2.05, 4.69) is 11.5 Å². The summed E-state index contributed by atoms with van der Waals surface area (Å²) < 4.78 is 5.12. The third kappa shape index (κ3) is 4.39. The second-order valence-corrected chi connectivity index (χ2v) is 5.08. The van der Waals surface area contributed by atoms with Crippen molar-refractivity contribution >= 4 is 6.09 Å². The van der Waals surface area contributed by atoms with Gasteiger partial charge in [0.1, 0.15) is 5.60 Å². The van der Waals surface area contributed by atoms with E-state index >= 15 is 0 Å². The lowest BCUT2D eigenvalue weighted by molar-refractivity contribution is 0.0520. The van der Waals surface area contributed by atoms with E-state index in [4.69, 9.17) is 10.00 Å². The van der Waals surface area contributed by atoms with Crippen molar-refractivity contribution < 1.29 is 9.53 Å². The molecule has 1 aliphatic heterocycles. The Morgan fingerprint density at radius 1 is 1.62 bits per heavy atom. The molecule has 0 bridgehead atoms. The molecular weight excluding hydrogens is 206 g/mol. The summed E-state index contributed by atoms with van der Waals surface area (Å²) in [6.07, 6.45) is 2.67. The molecule has 1 rings (SSSR count). The molecule has 1 fully saturated rings. The average molecular weight is 225 g/mol. The third-order valence-corrected chi connectivity index (χ3v) is 2.36. The number of nitrogens with zero attached hydrogens (tertiary/aromatic N) is 2. The minimum absolute atomic E-state index is 0.354. The van der Waals surface area contributed by atoms with Crippen LogP contribution >= 0.6 is 0 Å². The van der Waals surface area contributed by atoms with E-state index in [0.29, 0.717) is 12.5 Å². The van der Waals surface area contributed by atoms with E-state index in [-0.39, 0.29) is 6.09 Å². The van der Waals surface area contributed by atoms with Crippen molar-refractivity contribution in [1.29, 1.82) is 5.26 Å². The van der Waals surface area contributed by atoms with E-state index < -0.39 is 5.60 Å². The van der Waals surface area contributed by atoms with Gasteiger partial charge in [0.05, 0.1) is 0 Å². The van der Waals surface area contributed by atoms with Crippen LogP contribution in [0.25, 0.3) is 0 Å². The molecule has 0 aromatic rings. The molecular formula is C11H19N3O2. The summed E-state index contributed by atoms with van der Waals surface area (Å²) in [5, 5.41) is 11.4. The molecule has 1 amide bonds. The summed E-state index contributed by atoms with van der Waals surface area (Å²) in [4.78, 5) is 13.1. The second kappa shape index (κ2) is 5.06. The Morgan fingerprint density at radius 2 is 2.31 bits per heavy atom. The molecule has 0 saturated carbocycles. The summed E-state index contributed by atoms with van der Waals surface area (Å²) in [5.74, 6) is 0.354. The fourth-order valence-electron chi connectivity index (χ4n) is 1.63. The minimum Gasteiger partial charge on any atom is -0.444 e. The van der Waals surface area contributed by atoms with Crippen LogP contribution in [0.5, 0.6) is 0 Å². The number of hydrogen-bond donors (Lipinski definition) is 1. The van der Waals surface area contributed by atoms with Crippen molar-refractivity contribution in [2.24, 2.45) is 5.92 Å². The predicted molar refractivity (Wildman–Crippen MR) is 59.5 cm³/mol. The Morgan fingerprint density at radius 3 is 2.81 bits per heavy atom. The van der Waals surface area contributed by atoms with E-state index in [1.54, 1.807) is 4.90 Å². The summed E-state index contributed by atoms with van der Waals surface area (Å²) in [6.45, 7) is 7.59. The normalized spacial score (nSPS) is 20.4. The Labute approximate surface area is 96.4 Å². The molecule has 0 spiro atoms. The summed E-state index contributed by atoms with van der Waals surface area (Å²) >= 11 is 0. The zero-order chi connectivity index (χ0) is 12.2. The van der Waals surface area contributed by atoms with E-state index in [1.807, 2.05) is 20.8 Å². The van der Waals surface area contributed by atoms with Gasteiger partial charge in [-0.25, -0.2) is 4.79 Å². The van der Waals surface area contributed by atoms with Crippen molar-refractivity contribution in [3.8, 4) is 6.19 Å². The van der Waals surface area contributed by atoms with E-state index in [9.17, 15) is 4.79 Å². The van der Waals surface area contributed by atoms with Gasteiger partial charge in [-0.2, -0.15) is 5.26 Å². The van der Waals surface area contributed by atoms with Gasteiger partial charge in [-0.3, -0.25) is 0 Å². The summed E-state index contributed by atoms with van der Waals surface area (Å²) in [6, 6.07) is 0. The van der Waals surface area contributed by atoms with Crippen LogP contribution in [0.1, 0.15) is 27.2 Å². The maximum atomic E-state index is 11.4. The monoisotopic (exact) mass is 225 g/mol. The van der Waals surface area contributed by atoms with Crippen LogP contribution in [0.15, 0.2) is 0 Å². The smallest absolute Gasteiger partial charge is 0.407 e. The number of amides is 1. The zero-order valence-corrected chi connectivity index (χ0v) is 10.1. The molecule has 0 radical (unpaired) electrons. The molecule has 0 aromatic carbocycles. The number of hydrogen-bond acceptors (Lipinski definition) is 4. The van der Waals surface area contributed by atoms with Gasteiger partial charge < -0.3 is 15.0 Å². The van der Waals surface area contributed by atoms with Gasteiger partial charge in [0, 0.05) is 19.6 Å². The minimum atomic E-state index is -0.460. The van der Waals surface area contributed by atoms with Gasteiger partial charge in [0.25, 0.3) is 0 Å². The number of ether oxygens (including phenoxy) is 1. The fraction of sp³-hybridized carbons (Fsp3) is 0.818. The molecule has 1 atom stereocenters. The molecule has 5 heteroatoms. The third-order valence-electron chi connectivity index (χ3n) is 2.36. The van der Waals surface area contributed by atoms with Crippen LogP contribution in [0.3, 0.4) is 0 Å². The number of nitriles is 1. The van der Waals surface area contributed by atoms with Crippen molar-refractivity contribution in [3.05, 3.63) is 0 Å². The highest BCUT2D eigenvalue weighted by Crippen LogP contribution is 2.14. The van der Waals surface area contributed by atoms with Crippen molar-refractivity contribution in [1.82, 2.24) is 10.2 Å². The maximum absolute atomic E-state index is 11.4. The standard InChI is InChI=1S/C11H19N3O2/c1-11(2,3)16-10(15)13-6-9-4-5-14(7-9)8-12/h9H,4-7H2,1-3H3,(H,13,15). The van der Waals surface area contributed by atoms with Gasteiger partial charge >= 0.3 is 6.09 Å². The van der Waals surface area contributed by atoms with Crippen LogP contribution < -0.4 is 5.32 Å². The van der Waals surface area contributed by atoms with Crippen LogP contribution in [0.4, 0.5) is 4.79 Å². The van der Waals surface area contributed by atoms with Gasteiger partial charge in [-0.1, -0.05) is 0 Å². The lowest BCUT2D eigenvalue weighted by Crippen LogP contribution is -2.35. The highest BCUT2D eigenvalue weighted by molar-refractivity contribution is 5.67. The van der Waals surface area contributed by atoms with Crippen molar-refractivity contribution in [3.63, 3.8) is 0 Å². The number of nitrogens with one attached hydrogen (secondary N) is 1. The van der Waals surface area contributed by atoms with Crippen LogP contribution in [-0.2, 0) is 4.74 Å². The number of rotatable bonds is 2. The predicted octanol–water partition coefficient (Wildman–Crippen LogP) is 1.31. The van der Waals surface area contributed by atoms with E-state index in [0.717, 1.165) is 19.5 Å². The molecule has 1 unspecified atom stereocenters. The number of likely N-dealkylation sites (tertiary alicyclic amines) is 1. The first-order valence-corrected chi connectivity index (χ1v) is 5.52. The molecule has 0 aromatic heterocycles. The number of carbonyl (C=O) groups is 1. The molecule has 1 saturated heterocycles. The highest BCUT2D eigenvalue weighted by Gasteiger charge is 2.23. The SMILES string of the molecule is CC(C)(C)OC(=O)NCC1CCN(C#N)C1. The molecule has 1 N–H and O–H groups in total. The Kier molecular flexibility index (Phi) is 3.99. The van der Waals surface area contributed by atoms with Crippen LogP contribution in [-0.4, -0.2) is 36.2 Å². The average Bonchev–Trinajstić information content (AvgIpc) is 2.59. The Balaban J connectivity index is 2.21. The first-order chi connectivity index (χ1) is 7.40. The van der Waals surface area contributed by atoms with Gasteiger partial charge in [-0.05, 0) is 33.1 Å². The molecule has 5 nitrogen and oxygen atoms in total. The first-order valence-electron chi connectivity index (χ1n) is 5.52. The molecule has 1 aliphatic rings. The highest BCUT2D eigenvalue weighted by atomic mass is 16.6. The lowest BCUT2D eigenvalue weighted by Gasteiger charge is -2.20. The second-order valence-electron chi connectivity index (χ2n) is 5.08. The van der Waals surface area contributed by atoms with Gasteiger partial charge in [-0.15, -0.1) is 0 Å². The van der Waals surface area contributed by atoms with Gasteiger partial charge in [0.15, 0.2) is 6.19 Å². The topological polar surface area (TPSA) is 65.4 Å².